The number of amides is 1. The summed E-state index contributed by atoms with van der Waals surface area (Å²) in [7, 11) is 1.70. The van der Waals surface area contributed by atoms with Gasteiger partial charge >= 0.3 is 0 Å². The monoisotopic (exact) mass is 368 g/mol. The average Bonchev–Trinajstić information content (AvgIpc) is 3.24. The number of furan rings is 1. The van der Waals surface area contributed by atoms with Crippen LogP contribution in [0.25, 0.3) is 28.5 Å². The highest BCUT2D eigenvalue weighted by atomic mass is 32.2. The highest BCUT2D eigenvalue weighted by molar-refractivity contribution is 8.26. The number of benzene rings is 1. The number of rotatable bonds is 3. The molecule has 126 valence electrons. The second kappa shape index (κ2) is 6.20. The van der Waals surface area contributed by atoms with E-state index in [1.807, 2.05) is 42.5 Å². The molecule has 1 aromatic carbocycles. The van der Waals surface area contributed by atoms with Crippen molar-refractivity contribution in [3.8, 4) is 11.3 Å². The molecule has 4 nitrogen and oxygen atoms in total. The van der Waals surface area contributed by atoms with Crippen LogP contribution in [0.3, 0.4) is 0 Å². The van der Waals surface area contributed by atoms with Crippen molar-refractivity contribution < 1.29 is 9.21 Å². The molecule has 0 spiro atoms. The molecule has 1 saturated heterocycles. The van der Waals surface area contributed by atoms with Crippen molar-refractivity contribution in [3.63, 3.8) is 0 Å². The first-order chi connectivity index (χ1) is 12.1. The molecular formula is C19H16N2O2S2. The van der Waals surface area contributed by atoms with Crippen molar-refractivity contribution in [3.05, 3.63) is 53.1 Å². The molecule has 1 amide bonds. The predicted octanol–water partition coefficient (Wildman–Crippen LogP) is 4.75. The van der Waals surface area contributed by atoms with Gasteiger partial charge in [0.05, 0.1) is 10.4 Å². The molecule has 1 fully saturated rings. The maximum atomic E-state index is 12.2. The van der Waals surface area contributed by atoms with E-state index < -0.39 is 0 Å². The minimum atomic E-state index is -0.0551. The summed E-state index contributed by atoms with van der Waals surface area (Å²) in [6.45, 7) is 2.87. The Labute approximate surface area is 155 Å². The lowest BCUT2D eigenvalue weighted by Gasteiger charge is -2.05. The average molecular weight is 368 g/mol. The fourth-order valence-electron chi connectivity index (χ4n) is 2.96. The van der Waals surface area contributed by atoms with Crippen LogP contribution in [-0.4, -0.2) is 26.7 Å². The van der Waals surface area contributed by atoms with Crippen molar-refractivity contribution >= 4 is 51.4 Å². The lowest BCUT2D eigenvalue weighted by Crippen LogP contribution is -2.22. The number of carbonyl (C=O) groups excluding carboxylic acids is 1. The molecule has 3 aromatic rings. The van der Waals surface area contributed by atoms with E-state index in [0.717, 1.165) is 34.7 Å². The Kier molecular flexibility index (Phi) is 4.01. The maximum absolute atomic E-state index is 12.2. The number of thiocarbonyl (C=S) groups is 1. The number of fused-ring (bicyclic) bond motifs is 1. The van der Waals surface area contributed by atoms with Crippen molar-refractivity contribution in [1.82, 2.24) is 9.47 Å². The molecule has 0 radical (unpaired) electrons. The van der Waals surface area contributed by atoms with Gasteiger partial charge in [0.1, 0.15) is 10.1 Å². The summed E-state index contributed by atoms with van der Waals surface area (Å²) in [6, 6.07) is 14.1. The molecule has 0 saturated carbocycles. The van der Waals surface area contributed by atoms with Gasteiger partial charge in [0, 0.05) is 37.0 Å². The van der Waals surface area contributed by atoms with Gasteiger partial charge in [-0.25, -0.2) is 0 Å². The number of nitrogens with zero attached hydrogens (tertiary/aromatic N) is 2. The van der Waals surface area contributed by atoms with Gasteiger partial charge < -0.3 is 8.98 Å². The number of aryl methyl sites for hydroxylation is 1. The van der Waals surface area contributed by atoms with Crippen LogP contribution in [0.1, 0.15) is 12.6 Å². The lowest BCUT2D eigenvalue weighted by atomic mass is 10.2. The minimum absolute atomic E-state index is 0.0551. The number of hydrogen-bond donors (Lipinski definition) is 0. The highest BCUT2D eigenvalue weighted by Gasteiger charge is 2.29. The number of likely N-dealkylation sites (N-methyl/N-ethyl adjacent to an activating group) is 1. The Morgan fingerprint density at radius 2 is 2.00 bits per heavy atom. The Morgan fingerprint density at radius 3 is 2.64 bits per heavy atom. The van der Waals surface area contributed by atoms with Crippen molar-refractivity contribution in [2.75, 3.05) is 7.05 Å². The number of carbonyl (C=O) groups is 1. The van der Waals surface area contributed by atoms with E-state index >= 15 is 0 Å². The van der Waals surface area contributed by atoms with Crippen molar-refractivity contribution in [2.24, 2.45) is 0 Å². The van der Waals surface area contributed by atoms with Gasteiger partial charge in [0.15, 0.2) is 5.58 Å². The second-order valence-corrected chi connectivity index (χ2v) is 7.46. The summed E-state index contributed by atoms with van der Waals surface area (Å²) < 4.78 is 8.76. The van der Waals surface area contributed by atoms with Gasteiger partial charge in [0.2, 0.25) is 0 Å². The van der Waals surface area contributed by atoms with Crippen LogP contribution in [0, 0.1) is 0 Å². The molecule has 3 heterocycles. The quantitative estimate of drug-likeness (QED) is 0.494. The summed E-state index contributed by atoms with van der Waals surface area (Å²) in [5.74, 6) is 0.791. The van der Waals surface area contributed by atoms with Gasteiger partial charge in [-0.3, -0.25) is 9.69 Å². The normalized spacial score (nSPS) is 16.6. The molecule has 0 atom stereocenters. The van der Waals surface area contributed by atoms with Gasteiger partial charge in [0.25, 0.3) is 5.91 Å². The fraction of sp³-hybridized carbons (Fsp3) is 0.158. The minimum Gasteiger partial charge on any atom is -0.454 e. The Morgan fingerprint density at radius 1 is 1.24 bits per heavy atom. The third-order valence-corrected chi connectivity index (χ3v) is 5.75. The van der Waals surface area contributed by atoms with Crippen molar-refractivity contribution in [1.29, 1.82) is 0 Å². The molecule has 4 rings (SSSR count). The maximum Gasteiger partial charge on any atom is 0.265 e. The molecule has 1 aliphatic rings. The van der Waals surface area contributed by atoms with Crippen LogP contribution >= 0.6 is 24.0 Å². The van der Waals surface area contributed by atoms with E-state index in [1.165, 1.54) is 16.7 Å². The number of thioether (sulfide) groups is 1. The van der Waals surface area contributed by atoms with Crippen LogP contribution in [0.15, 0.2) is 51.8 Å². The molecule has 6 heteroatoms. The van der Waals surface area contributed by atoms with E-state index in [0.29, 0.717) is 9.23 Å². The molecular weight excluding hydrogens is 352 g/mol. The zero-order valence-electron chi connectivity index (χ0n) is 13.9. The zero-order valence-corrected chi connectivity index (χ0v) is 15.5. The zero-order chi connectivity index (χ0) is 17.6. The Hall–Kier alpha value is -2.31. The van der Waals surface area contributed by atoms with E-state index in [4.69, 9.17) is 16.6 Å². The second-order valence-electron chi connectivity index (χ2n) is 5.78. The molecule has 0 aliphatic carbocycles. The van der Waals surface area contributed by atoms with Crippen LogP contribution in [-0.2, 0) is 11.3 Å². The standard InChI is InChI=1S/C19H16N2O2S2/c1-3-21-13(10-17-18(22)20(2)19(24)25-17)9-16-14(21)11-15(23-16)12-7-5-4-6-8-12/h4-11H,3H2,1-2H3/b17-10+. The van der Waals surface area contributed by atoms with Crippen LogP contribution in [0.5, 0.6) is 0 Å². The van der Waals surface area contributed by atoms with Crippen LogP contribution in [0.2, 0.25) is 0 Å². The number of hydrogen-bond acceptors (Lipinski definition) is 4. The van der Waals surface area contributed by atoms with Crippen molar-refractivity contribution in [2.45, 2.75) is 13.5 Å². The Balaban J connectivity index is 1.78. The molecule has 25 heavy (non-hydrogen) atoms. The molecule has 0 unspecified atom stereocenters. The van der Waals surface area contributed by atoms with Gasteiger partial charge in [-0.05, 0) is 13.0 Å². The molecule has 2 aromatic heterocycles. The fourth-order valence-corrected chi connectivity index (χ4v) is 4.12. The topological polar surface area (TPSA) is 38.4 Å². The number of aromatic nitrogens is 1. The highest BCUT2D eigenvalue weighted by Crippen LogP contribution is 2.34. The largest absolute Gasteiger partial charge is 0.454 e. The smallest absolute Gasteiger partial charge is 0.265 e. The van der Waals surface area contributed by atoms with E-state index in [2.05, 4.69) is 17.6 Å². The van der Waals surface area contributed by atoms with Gasteiger partial charge in [-0.15, -0.1) is 0 Å². The molecule has 0 bridgehead atoms. The summed E-state index contributed by atoms with van der Waals surface area (Å²) in [5, 5.41) is 0. The third kappa shape index (κ3) is 2.71. The first-order valence-electron chi connectivity index (χ1n) is 7.98. The van der Waals surface area contributed by atoms with Crippen LogP contribution in [0.4, 0.5) is 0 Å². The van der Waals surface area contributed by atoms with E-state index in [1.54, 1.807) is 7.05 Å². The SMILES string of the molecule is CCn1c(/C=C2/SC(=S)N(C)C2=O)cc2oc(-c3ccccc3)cc21. The first-order valence-corrected chi connectivity index (χ1v) is 9.21. The summed E-state index contributed by atoms with van der Waals surface area (Å²) in [5.41, 5.74) is 3.85. The van der Waals surface area contributed by atoms with Gasteiger partial charge in [-0.1, -0.05) is 54.3 Å². The summed E-state index contributed by atoms with van der Waals surface area (Å²) in [4.78, 5) is 14.4. The third-order valence-electron chi connectivity index (χ3n) is 4.26. The molecule has 1 aliphatic heterocycles. The van der Waals surface area contributed by atoms with Crippen LogP contribution < -0.4 is 0 Å². The predicted molar refractivity (Wildman–Crippen MR) is 106 cm³/mol. The van der Waals surface area contributed by atoms with E-state index in [9.17, 15) is 4.79 Å². The molecule has 0 N–H and O–H groups in total. The first kappa shape index (κ1) is 16.2. The summed E-state index contributed by atoms with van der Waals surface area (Å²) >= 11 is 6.53. The van der Waals surface area contributed by atoms with Gasteiger partial charge in [-0.2, -0.15) is 0 Å². The summed E-state index contributed by atoms with van der Waals surface area (Å²) in [6.07, 6.45) is 1.89. The lowest BCUT2D eigenvalue weighted by molar-refractivity contribution is -0.121. The Bertz CT molecular complexity index is 1010. The van der Waals surface area contributed by atoms with E-state index in [-0.39, 0.29) is 5.91 Å².